The molecule has 0 heterocycles. The van der Waals surface area contributed by atoms with Gasteiger partial charge in [-0.1, -0.05) is 63.7 Å². The van der Waals surface area contributed by atoms with Crippen molar-refractivity contribution in [2.45, 2.75) is 64.7 Å². The monoisotopic (exact) mass is 220 g/mol. The van der Waals surface area contributed by atoms with Crippen molar-refractivity contribution in [2.75, 3.05) is 6.61 Å². The van der Waals surface area contributed by atoms with E-state index in [2.05, 4.69) is 30.6 Å². The van der Waals surface area contributed by atoms with Gasteiger partial charge in [0, 0.05) is 6.42 Å². The lowest BCUT2D eigenvalue weighted by molar-refractivity contribution is 0.350. The van der Waals surface area contributed by atoms with E-state index in [1.165, 1.54) is 51.4 Å². The number of hydrogen-bond donors (Lipinski definition) is 1. The second-order valence-corrected chi connectivity index (χ2v) is 3.99. The van der Waals surface area contributed by atoms with E-state index in [4.69, 9.17) is 5.11 Å². The Bertz CT molecular complexity index is 246. The zero-order chi connectivity index (χ0) is 11.9. The van der Waals surface area contributed by atoms with Crippen LogP contribution in [0.25, 0.3) is 0 Å². The van der Waals surface area contributed by atoms with E-state index in [0.717, 1.165) is 6.42 Å². The Morgan fingerprint density at radius 2 is 1.31 bits per heavy atom. The molecular weight excluding hydrogens is 196 g/mol. The summed E-state index contributed by atoms with van der Waals surface area (Å²) in [5.41, 5.74) is 0. The Balaban J connectivity index is 3.11. The van der Waals surface area contributed by atoms with Crippen LogP contribution >= 0.6 is 0 Å². The van der Waals surface area contributed by atoms with Gasteiger partial charge in [-0.15, -0.1) is 0 Å². The molecule has 0 aromatic rings. The number of rotatable bonds is 8. The summed E-state index contributed by atoms with van der Waals surface area (Å²) in [5, 5.41) is 8.39. The number of aliphatic hydroxyl groups is 1. The molecule has 1 heteroatoms. The van der Waals surface area contributed by atoms with Crippen LogP contribution in [0.5, 0.6) is 0 Å². The van der Waals surface area contributed by atoms with Crippen molar-refractivity contribution in [1.29, 1.82) is 0 Å². The molecule has 0 amide bonds. The topological polar surface area (TPSA) is 20.2 Å². The molecule has 0 aliphatic carbocycles. The highest BCUT2D eigenvalue weighted by Gasteiger charge is 1.89. The first-order valence-electron chi connectivity index (χ1n) is 6.48. The van der Waals surface area contributed by atoms with Crippen LogP contribution in [0.2, 0.25) is 0 Å². The smallest absolute Gasteiger partial charge is 0.105 e. The summed E-state index contributed by atoms with van der Waals surface area (Å²) in [6, 6.07) is 0. The van der Waals surface area contributed by atoms with Gasteiger partial charge >= 0.3 is 0 Å². The number of unbranched alkanes of at least 4 members (excludes halogenated alkanes) is 8. The Hall–Kier alpha value is -0.920. The molecule has 0 saturated heterocycles. The standard InChI is InChI=1S/C15H24O/c1-2-3-4-5-6-7-8-9-10-11-12-13-14-15-16/h16H,2-10,15H2,1H3. The fraction of sp³-hybridized carbons (Fsp3) is 0.733. The van der Waals surface area contributed by atoms with Crippen LogP contribution in [0.3, 0.4) is 0 Å². The Kier molecular flexibility index (Phi) is 13.3. The summed E-state index contributed by atoms with van der Waals surface area (Å²) >= 11 is 0. The highest BCUT2D eigenvalue weighted by atomic mass is 16.2. The van der Waals surface area contributed by atoms with E-state index in [1.807, 2.05) is 0 Å². The van der Waals surface area contributed by atoms with Crippen molar-refractivity contribution in [1.82, 2.24) is 0 Å². The third kappa shape index (κ3) is 13.1. The largest absolute Gasteiger partial charge is 0.384 e. The molecule has 0 spiro atoms. The maximum Gasteiger partial charge on any atom is 0.105 e. The van der Waals surface area contributed by atoms with Crippen LogP contribution < -0.4 is 0 Å². The molecule has 1 nitrogen and oxygen atoms in total. The average Bonchev–Trinajstić information content (AvgIpc) is 2.31. The Labute approximate surface area is 101 Å². The van der Waals surface area contributed by atoms with Gasteiger partial charge in [0.1, 0.15) is 6.61 Å². The van der Waals surface area contributed by atoms with Crippen molar-refractivity contribution < 1.29 is 5.11 Å². The normalized spacial score (nSPS) is 8.88. The molecule has 1 N–H and O–H groups in total. The van der Waals surface area contributed by atoms with Gasteiger partial charge in [0.05, 0.1) is 0 Å². The quantitative estimate of drug-likeness (QED) is 0.490. The summed E-state index contributed by atoms with van der Waals surface area (Å²) in [5.74, 6) is 10.8. The van der Waals surface area contributed by atoms with Gasteiger partial charge in [0.15, 0.2) is 0 Å². The van der Waals surface area contributed by atoms with Gasteiger partial charge in [-0.05, 0) is 18.3 Å². The number of hydrogen-bond acceptors (Lipinski definition) is 1. The molecule has 0 aliphatic rings. The van der Waals surface area contributed by atoms with E-state index < -0.39 is 0 Å². The van der Waals surface area contributed by atoms with Crippen molar-refractivity contribution in [2.24, 2.45) is 0 Å². The highest BCUT2D eigenvalue weighted by Crippen LogP contribution is 2.08. The highest BCUT2D eigenvalue weighted by molar-refractivity contribution is 5.25. The minimum atomic E-state index is -0.0908. The average molecular weight is 220 g/mol. The number of aliphatic hydroxyl groups excluding tert-OH is 1. The zero-order valence-electron chi connectivity index (χ0n) is 10.5. The van der Waals surface area contributed by atoms with Crippen LogP contribution in [0.1, 0.15) is 64.7 Å². The fourth-order valence-electron chi connectivity index (χ4n) is 1.54. The van der Waals surface area contributed by atoms with Crippen LogP contribution in [0.15, 0.2) is 0 Å². The van der Waals surface area contributed by atoms with E-state index >= 15 is 0 Å². The summed E-state index contributed by atoms with van der Waals surface area (Å²) in [4.78, 5) is 0. The van der Waals surface area contributed by atoms with Gasteiger partial charge in [-0.25, -0.2) is 0 Å². The lowest BCUT2D eigenvalue weighted by Gasteiger charge is -1.98. The van der Waals surface area contributed by atoms with Crippen molar-refractivity contribution in [3.63, 3.8) is 0 Å². The molecule has 0 aliphatic heterocycles. The van der Waals surface area contributed by atoms with E-state index in [0.29, 0.717) is 0 Å². The van der Waals surface area contributed by atoms with Crippen molar-refractivity contribution in [3.05, 3.63) is 0 Å². The predicted molar refractivity (Wildman–Crippen MR) is 69.9 cm³/mol. The predicted octanol–water partition coefficient (Wildman–Crippen LogP) is 3.52. The minimum Gasteiger partial charge on any atom is -0.384 e. The second-order valence-electron chi connectivity index (χ2n) is 3.99. The lowest BCUT2D eigenvalue weighted by atomic mass is 10.1. The molecule has 0 bridgehead atoms. The maximum atomic E-state index is 8.39. The molecule has 0 radical (unpaired) electrons. The third-order valence-corrected chi connectivity index (χ3v) is 2.47. The zero-order valence-corrected chi connectivity index (χ0v) is 10.5. The van der Waals surface area contributed by atoms with E-state index in [9.17, 15) is 0 Å². The molecule has 0 aromatic carbocycles. The molecule has 16 heavy (non-hydrogen) atoms. The SMILES string of the molecule is CCCCCCCCCCC#CC#CCO. The van der Waals surface area contributed by atoms with Gasteiger partial charge in [0.25, 0.3) is 0 Å². The van der Waals surface area contributed by atoms with Crippen molar-refractivity contribution >= 4 is 0 Å². The van der Waals surface area contributed by atoms with Crippen LogP contribution in [-0.2, 0) is 0 Å². The van der Waals surface area contributed by atoms with Crippen LogP contribution in [0.4, 0.5) is 0 Å². The summed E-state index contributed by atoms with van der Waals surface area (Å²) in [7, 11) is 0. The molecule has 0 unspecified atom stereocenters. The Morgan fingerprint density at radius 3 is 1.94 bits per heavy atom. The van der Waals surface area contributed by atoms with E-state index in [-0.39, 0.29) is 6.61 Å². The lowest BCUT2D eigenvalue weighted by Crippen LogP contribution is -1.80. The maximum absolute atomic E-state index is 8.39. The van der Waals surface area contributed by atoms with Gasteiger partial charge in [0.2, 0.25) is 0 Å². The van der Waals surface area contributed by atoms with Crippen LogP contribution in [0, 0.1) is 23.7 Å². The first kappa shape index (κ1) is 15.1. The molecule has 0 saturated carbocycles. The molecule has 0 rings (SSSR count). The summed E-state index contributed by atoms with van der Waals surface area (Å²) < 4.78 is 0. The van der Waals surface area contributed by atoms with Gasteiger partial charge in [-0.3, -0.25) is 0 Å². The summed E-state index contributed by atoms with van der Waals surface area (Å²) in [6.07, 6.45) is 11.6. The van der Waals surface area contributed by atoms with Crippen LogP contribution in [-0.4, -0.2) is 11.7 Å². The third-order valence-electron chi connectivity index (χ3n) is 2.47. The summed E-state index contributed by atoms with van der Waals surface area (Å²) in [6.45, 7) is 2.16. The molecule has 0 aromatic heterocycles. The Morgan fingerprint density at radius 1 is 0.750 bits per heavy atom. The molecule has 0 fully saturated rings. The molecule has 90 valence electrons. The first-order valence-corrected chi connectivity index (χ1v) is 6.48. The fourth-order valence-corrected chi connectivity index (χ4v) is 1.54. The molecular formula is C15H24O. The first-order chi connectivity index (χ1) is 7.91. The molecule has 0 atom stereocenters. The van der Waals surface area contributed by atoms with Gasteiger partial charge < -0.3 is 5.11 Å². The second kappa shape index (κ2) is 14.1. The minimum absolute atomic E-state index is 0.0908. The van der Waals surface area contributed by atoms with Crippen molar-refractivity contribution in [3.8, 4) is 23.7 Å². The van der Waals surface area contributed by atoms with E-state index in [1.54, 1.807) is 0 Å². The van der Waals surface area contributed by atoms with Gasteiger partial charge in [-0.2, -0.15) is 0 Å².